The third-order valence-electron chi connectivity index (χ3n) is 5.43. The molecule has 20 heavy (non-hydrogen) atoms. The third kappa shape index (κ3) is 3.37. The molecule has 1 heterocycles. The highest BCUT2D eigenvalue weighted by Gasteiger charge is 2.49. The summed E-state index contributed by atoms with van der Waals surface area (Å²) in [5.74, 6) is 0. The van der Waals surface area contributed by atoms with E-state index in [2.05, 4.69) is 51.8 Å². The summed E-state index contributed by atoms with van der Waals surface area (Å²) < 4.78 is 5.83. The molecule has 2 atom stereocenters. The molecule has 3 nitrogen and oxygen atoms in total. The molecule has 0 radical (unpaired) electrons. The fourth-order valence-electron chi connectivity index (χ4n) is 3.65. The van der Waals surface area contributed by atoms with Crippen LogP contribution in [0.25, 0.3) is 0 Å². The van der Waals surface area contributed by atoms with Gasteiger partial charge >= 0.3 is 0 Å². The summed E-state index contributed by atoms with van der Waals surface area (Å²) in [4.78, 5) is 2.61. The first-order chi connectivity index (χ1) is 9.25. The van der Waals surface area contributed by atoms with Crippen LogP contribution in [0.15, 0.2) is 0 Å². The first-order valence-corrected chi connectivity index (χ1v) is 8.38. The van der Waals surface area contributed by atoms with Gasteiger partial charge in [-0.2, -0.15) is 0 Å². The number of hydrogen-bond donors (Lipinski definition) is 1. The van der Waals surface area contributed by atoms with Gasteiger partial charge in [0.1, 0.15) is 0 Å². The van der Waals surface area contributed by atoms with Crippen molar-refractivity contribution in [3.63, 3.8) is 0 Å². The van der Waals surface area contributed by atoms with E-state index in [0.717, 1.165) is 6.61 Å². The molecule has 1 saturated heterocycles. The Kier molecular flexibility index (Phi) is 4.83. The zero-order chi connectivity index (χ0) is 15.0. The van der Waals surface area contributed by atoms with Gasteiger partial charge < -0.3 is 10.1 Å². The Morgan fingerprint density at radius 1 is 1.20 bits per heavy atom. The van der Waals surface area contributed by atoms with Gasteiger partial charge in [0.25, 0.3) is 0 Å². The predicted octanol–water partition coefficient (Wildman–Crippen LogP) is 3.04. The van der Waals surface area contributed by atoms with Crippen LogP contribution in [0.4, 0.5) is 0 Å². The van der Waals surface area contributed by atoms with Crippen molar-refractivity contribution in [3.8, 4) is 0 Å². The molecule has 0 spiro atoms. The van der Waals surface area contributed by atoms with Gasteiger partial charge in [0, 0.05) is 42.7 Å². The van der Waals surface area contributed by atoms with Crippen molar-refractivity contribution < 1.29 is 4.74 Å². The van der Waals surface area contributed by atoms with Crippen molar-refractivity contribution >= 4 is 0 Å². The van der Waals surface area contributed by atoms with E-state index in [0.29, 0.717) is 23.7 Å². The molecule has 1 aliphatic heterocycles. The molecule has 1 aliphatic carbocycles. The minimum Gasteiger partial charge on any atom is -0.378 e. The molecule has 0 amide bonds. The average molecular weight is 282 g/mol. The summed E-state index contributed by atoms with van der Waals surface area (Å²) in [6.45, 7) is 17.0. The van der Waals surface area contributed by atoms with Gasteiger partial charge in [0.2, 0.25) is 0 Å². The lowest BCUT2D eigenvalue weighted by molar-refractivity contribution is -0.118. The Hall–Kier alpha value is -0.120. The number of rotatable bonds is 4. The van der Waals surface area contributed by atoms with Gasteiger partial charge in [-0.25, -0.2) is 0 Å². The molecular formula is C17H34N2O. The molecule has 0 aromatic rings. The number of piperidine rings is 1. The summed E-state index contributed by atoms with van der Waals surface area (Å²) in [5, 5.41) is 3.90. The van der Waals surface area contributed by atoms with Gasteiger partial charge in [-0.15, -0.1) is 0 Å². The maximum absolute atomic E-state index is 5.83. The molecule has 0 aromatic heterocycles. The summed E-state index contributed by atoms with van der Waals surface area (Å²) >= 11 is 0. The molecule has 1 N–H and O–H groups in total. The lowest BCUT2D eigenvalue weighted by atomic mass is 9.64. The molecule has 2 rings (SSSR count). The Morgan fingerprint density at radius 3 is 2.25 bits per heavy atom. The van der Waals surface area contributed by atoms with Crippen LogP contribution in [0, 0.1) is 5.41 Å². The monoisotopic (exact) mass is 282 g/mol. The van der Waals surface area contributed by atoms with Crippen LogP contribution in [0.1, 0.15) is 60.8 Å². The summed E-state index contributed by atoms with van der Waals surface area (Å²) in [5.41, 5.74) is 0.609. The molecule has 0 bridgehead atoms. The van der Waals surface area contributed by atoms with Crippen molar-refractivity contribution in [2.75, 3.05) is 19.7 Å². The number of hydrogen-bond acceptors (Lipinski definition) is 3. The zero-order valence-electron chi connectivity index (χ0n) is 14.3. The second-order valence-corrected chi connectivity index (χ2v) is 8.15. The van der Waals surface area contributed by atoms with Crippen LogP contribution < -0.4 is 5.32 Å². The average Bonchev–Trinajstić information content (AvgIpc) is 2.37. The molecule has 2 aliphatic rings. The zero-order valence-corrected chi connectivity index (χ0v) is 14.3. The number of nitrogens with zero attached hydrogens (tertiary/aromatic N) is 1. The van der Waals surface area contributed by atoms with Crippen molar-refractivity contribution in [1.82, 2.24) is 10.2 Å². The maximum Gasteiger partial charge on any atom is 0.0655 e. The van der Waals surface area contributed by atoms with Crippen LogP contribution in [0.3, 0.4) is 0 Å². The topological polar surface area (TPSA) is 24.5 Å². The fraction of sp³-hybridized carbons (Fsp3) is 1.00. The normalized spacial score (nSPS) is 32.1. The molecule has 2 unspecified atom stereocenters. The maximum atomic E-state index is 5.83. The lowest BCUT2D eigenvalue weighted by Gasteiger charge is -2.53. The first kappa shape index (κ1) is 16.3. The van der Waals surface area contributed by atoms with Gasteiger partial charge in [-0.1, -0.05) is 13.8 Å². The highest BCUT2D eigenvalue weighted by atomic mass is 16.5. The predicted molar refractivity (Wildman–Crippen MR) is 85.1 cm³/mol. The minimum absolute atomic E-state index is 0.289. The van der Waals surface area contributed by atoms with Gasteiger partial charge in [-0.3, -0.25) is 4.90 Å². The molecular weight excluding hydrogens is 248 g/mol. The van der Waals surface area contributed by atoms with Crippen molar-refractivity contribution in [2.45, 2.75) is 84.5 Å². The van der Waals surface area contributed by atoms with E-state index in [1.54, 1.807) is 0 Å². The van der Waals surface area contributed by atoms with E-state index < -0.39 is 0 Å². The van der Waals surface area contributed by atoms with E-state index in [1.807, 2.05) is 0 Å². The second kappa shape index (κ2) is 5.94. The molecule has 2 fully saturated rings. The van der Waals surface area contributed by atoms with Crippen LogP contribution in [-0.4, -0.2) is 48.3 Å². The number of ether oxygens (including phenoxy) is 1. The molecule has 1 saturated carbocycles. The molecule has 3 heteroatoms. The first-order valence-electron chi connectivity index (χ1n) is 8.38. The van der Waals surface area contributed by atoms with Crippen LogP contribution in [0.2, 0.25) is 0 Å². The van der Waals surface area contributed by atoms with Crippen LogP contribution in [-0.2, 0) is 4.74 Å². The van der Waals surface area contributed by atoms with E-state index >= 15 is 0 Å². The van der Waals surface area contributed by atoms with E-state index in [9.17, 15) is 0 Å². The fourth-order valence-corrected chi connectivity index (χ4v) is 3.65. The molecule has 0 aromatic carbocycles. The Bertz CT molecular complexity index is 313. The Morgan fingerprint density at radius 2 is 1.80 bits per heavy atom. The SMILES string of the molecule is CCOC1CC(NC2CCN(C(C)(C)C)CC2)C1(C)C. The van der Waals surface area contributed by atoms with Gasteiger partial charge in [0.05, 0.1) is 6.10 Å². The van der Waals surface area contributed by atoms with Crippen LogP contribution in [0.5, 0.6) is 0 Å². The van der Waals surface area contributed by atoms with E-state index in [4.69, 9.17) is 4.74 Å². The smallest absolute Gasteiger partial charge is 0.0655 e. The molecule has 118 valence electrons. The largest absolute Gasteiger partial charge is 0.378 e. The highest BCUT2D eigenvalue weighted by molar-refractivity contribution is 5.04. The quantitative estimate of drug-likeness (QED) is 0.858. The number of nitrogens with one attached hydrogen (secondary N) is 1. The lowest BCUT2D eigenvalue weighted by Crippen LogP contribution is -2.64. The van der Waals surface area contributed by atoms with Gasteiger partial charge in [0.15, 0.2) is 0 Å². The minimum atomic E-state index is 0.289. The van der Waals surface area contributed by atoms with E-state index in [-0.39, 0.29) is 5.41 Å². The van der Waals surface area contributed by atoms with Crippen molar-refractivity contribution in [3.05, 3.63) is 0 Å². The Balaban J connectivity index is 1.77. The highest BCUT2D eigenvalue weighted by Crippen LogP contribution is 2.43. The Labute approximate surface area is 125 Å². The van der Waals surface area contributed by atoms with Crippen molar-refractivity contribution in [1.29, 1.82) is 0 Å². The van der Waals surface area contributed by atoms with Crippen LogP contribution >= 0.6 is 0 Å². The summed E-state index contributed by atoms with van der Waals surface area (Å²) in [6, 6.07) is 1.32. The number of likely N-dealkylation sites (tertiary alicyclic amines) is 1. The standard InChI is InChI=1S/C17H34N2O/c1-7-20-15-12-14(17(15,5)6)18-13-8-10-19(11-9-13)16(2,3)4/h13-15,18H,7-12H2,1-6H3. The third-order valence-corrected chi connectivity index (χ3v) is 5.43. The van der Waals surface area contributed by atoms with Gasteiger partial charge in [-0.05, 0) is 47.0 Å². The summed E-state index contributed by atoms with van der Waals surface area (Å²) in [6.07, 6.45) is 4.19. The summed E-state index contributed by atoms with van der Waals surface area (Å²) in [7, 11) is 0. The van der Waals surface area contributed by atoms with E-state index in [1.165, 1.54) is 32.4 Å². The second-order valence-electron chi connectivity index (χ2n) is 8.15. The van der Waals surface area contributed by atoms with Crippen molar-refractivity contribution in [2.24, 2.45) is 5.41 Å².